The van der Waals surface area contributed by atoms with Crippen molar-refractivity contribution < 1.29 is 9.90 Å². The molecule has 2 rings (SSSR count). The fraction of sp³-hybridized carbons (Fsp3) is 0. The molecule has 0 radical (unpaired) electrons. The molecule has 0 aliphatic heterocycles. The van der Waals surface area contributed by atoms with Crippen LogP contribution in [0, 0.1) is 0 Å². The van der Waals surface area contributed by atoms with E-state index in [1.54, 1.807) is 18.3 Å². The van der Waals surface area contributed by atoms with Crippen molar-refractivity contribution >= 4 is 23.4 Å². The molecule has 0 saturated heterocycles. The van der Waals surface area contributed by atoms with Gasteiger partial charge in [-0.3, -0.25) is 9.78 Å². The smallest absolute Gasteiger partial charge is 0.204 e. The lowest BCUT2D eigenvalue weighted by Crippen LogP contribution is -1.82. The van der Waals surface area contributed by atoms with Crippen LogP contribution in [-0.2, 0) is 4.79 Å². The van der Waals surface area contributed by atoms with Crippen molar-refractivity contribution in [2.75, 3.05) is 0 Å². The van der Waals surface area contributed by atoms with Gasteiger partial charge in [0, 0.05) is 11.6 Å². The van der Waals surface area contributed by atoms with E-state index in [4.69, 9.17) is 4.79 Å². The lowest BCUT2D eigenvalue weighted by atomic mass is 10.1. The number of hydrogen-bond donors (Lipinski definition) is 2. The van der Waals surface area contributed by atoms with Gasteiger partial charge in [-0.1, -0.05) is 24.8 Å². The number of aromatic hydroxyl groups is 1. The van der Waals surface area contributed by atoms with Gasteiger partial charge in [0.2, 0.25) is 6.41 Å². The van der Waals surface area contributed by atoms with E-state index in [2.05, 4.69) is 17.3 Å². The fourth-order valence-corrected chi connectivity index (χ4v) is 1.39. The van der Waals surface area contributed by atoms with Crippen molar-refractivity contribution in [2.24, 2.45) is 5.73 Å². The number of carbonyl (C=O) groups excluding carboxylic acids is 1. The average molecular weight is 216 g/mol. The Hall–Kier alpha value is -2.36. The summed E-state index contributed by atoms with van der Waals surface area (Å²) in [5, 5.41) is 10.4. The molecule has 1 heterocycles. The van der Waals surface area contributed by atoms with E-state index in [1.807, 2.05) is 18.2 Å². The van der Waals surface area contributed by atoms with Crippen LogP contribution < -0.4 is 5.73 Å². The Balaban J connectivity index is 0.000000386. The monoisotopic (exact) mass is 216 g/mol. The summed E-state index contributed by atoms with van der Waals surface area (Å²) < 4.78 is 0. The number of rotatable bonds is 1. The van der Waals surface area contributed by atoms with E-state index in [1.165, 1.54) is 0 Å². The van der Waals surface area contributed by atoms with Crippen LogP contribution in [0.15, 0.2) is 37.0 Å². The zero-order valence-corrected chi connectivity index (χ0v) is 8.63. The van der Waals surface area contributed by atoms with Gasteiger partial charge in [-0.2, -0.15) is 0 Å². The molecule has 4 nitrogen and oxygen atoms in total. The molecule has 0 saturated carbocycles. The van der Waals surface area contributed by atoms with Crippen molar-refractivity contribution in [1.29, 1.82) is 0 Å². The van der Waals surface area contributed by atoms with Crippen molar-refractivity contribution in [2.45, 2.75) is 0 Å². The Bertz CT molecular complexity index is 504. The summed E-state index contributed by atoms with van der Waals surface area (Å²) in [6.07, 6.45) is 3.55. The minimum Gasteiger partial charge on any atom is -0.507 e. The Morgan fingerprint density at radius 1 is 1.38 bits per heavy atom. The van der Waals surface area contributed by atoms with Gasteiger partial charge in [0.25, 0.3) is 0 Å². The highest BCUT2D eigenvalue weighted by Crippen LogP contribution is 2.26. The summed E-state index contributed by atoms with van der Waals surface area (Å²) in [4.78, 5) is 12.7. The summed E-state index contributed by atoms with van der Waals surface area (Å²) in [5.41, 5.74) is 5.86. The van der Waals surface area contributed by atoms with Gasteiger partial charge in [0.15, 0.2) is 0 Å². The minimum absolute atomic E-state index is 0.250. The molecule has 0 bridgehead atoms. The molecule has 0 spiro atoms. The zero-order valence-electron chi connectivity index (χ0n) is 8.63. The van der Waals surface area contributed by atoms with Gasteiger partial charge in [0.05, 0.1) is 5.52 Å². The zero-order chi connectivity index (χ0) is 12.0. The van der Waals surface area contributed by atoms with Gasteiger partial charge < -0.3 is 10.8 Å². The molecule has 3 N–H and O–H groups in total. The first-order valence-corrected chi connectivity index (χ1v) is 4.59. The molecule has 1 aromatic heterocycles. The molecule has 0 unspecified atom stereocenters. The molecule has 0 aliphatic carbocycles. The van der Waals surface area contributed by atoms with Crippen molar-refractivity contribution in [1.82, 2.24) is 4.98 Å². The number of hydrogen-bond acceptors (Lipinski definition) is 3. The molecule has 2 aromatic rings. The van der Waals surface area contributed by atoms with Crippen LogP contribution in [0.25, 0.3) is 17.0 Å². The normalized spacial score (nSPS) is 9.00. The standard InChI is InChI=1S/C11H9NO.CH3NO/c1-2-8-4-3-5-9-11(8)10(13)6-7-12-9;2-1-3/h2-7H,1H2,(H,12,13);1H,(H2,2,3). The first-order valence-electron chi connectivity index (χ1n) is 4.59. The third-order valence-corrected chi connectivity index (χ3v) is 2.00. The number of aromatic nitrogens is 1. The molecule has 16 heavy (non-hydrogen) atoms. The average Bonchev–Trinajstić information content (AvgIpc) is 2.30. The van der Waals surface area contributed by atoms with Crippen molar-refractivity contribution in [3.8, 4) is 5.75 Å². The van der Waals surface area contributed by atoms with Crippen LogP contribution in [-0.4, -0.2) is 16.5 Å². The Labute approximate surface area is 93.0 Å². The quantitative estimate of drug-likeness (QED) is 0.712. The van der Waals surface area contributed by atoms with E-state index >= 15 is 0 Å². The highest BCUT2D eigenvalue weighted by atomic mass is 16.3. The van der Waals surface area contributed by atoms with Crippen LogP contribution in [0.2, 0.25) is 0 Å². The van der Waals surface area contributed by atoms with E-state index in [0.717, 1.165) is 16.5 Å². The van der Waals surface area contributed by atoms with E-state index < -0.39 is 0 Å². The number of carbonyl (C=O) groups is 1. The van der Waals surface area contributed by atoms with Gasteiger partial charge in [0.1, 0.15) is 5.75 Å². The maximum absolute atomic E-state index is 9.60. The number of benzene rings is 1. The summed E-state index contributed by atoms with van der Waals surface area (Å²) in [6.45, 7) is 3.68. The maximum Gasteiger partial charge on any atom is 0.204 e. The first-order chi connectivity index (χ1) is 7.74. The molecule has 4 heteroatoms. The lowest BCUT2D eigenvalue weighted by Gasteiger charge is -2.02. The molecule has 1 amide bonds. The Morgan fingerprint density at radius 3 is 2.69 bits per heavy atom. The van der Waals surface area contributed by atoms with Gasteiger partial charge in [-0.15, -0.1) is 0 Å². The molecule has 0 fully saturated rings. The summed E-state index contributed by atoms with van der Waals surface area (Å²) in [7, 11) is 0. The Kier molecular flexibility index (Phi) is 4.03. The minimum atomic E-state index is 0.250. The number of nitrogens with zero attached hydrogens (tertiary/aromatic N) is 1. The van der Waals surface area contributed by atoms with Crippen LogP contribution in [0.3, 0.4) is 0 Å². The molecule has 0 atom stereocenters. The molecule has 82 valence electrons. The predicted octanol–water partition coefficient (Wildman–Crippen LogP) is 1.68. The summed E-state index contributed by atoms with van der Waals surface area (Å²) >= 11 is 0. The number of amides is 1. The van der Waals surface area contributed by atoms with E-state index in [-0.39, 0.29) is 12.2 Å². The topological polar surface area (TPSA) is 76.2 Å². The van der Waals surface area contributed by atoms with Gasteiger partial charge in [-0.05, 0) is 17.7 Å². The first kappa shape index (κ1) is 11.7. The number of primary amides is 1. The predicted molar refractivity (Wildman–Crippen MR) is 63.8 cm³/mol. The van der Waals surface area contributed by atoms with Crippen LogP contribution in [0.5, 0.6) is 5.75 Å². The van der Waals surface area contributed by atoms with Crippen molar-refractivity contribution in [3.63, 3.8) is 0 Å². The lowest BCUT2D eigenvalue weighted by molar-refractivity contribution is -0.106. The fourth-order valence-electron chi connectivity index (χ4n) is 1.39. The molecular formula is C12H12N2O2. The highest BCUT2D eigenvalue weighted by molar-refractivity contribution is 5.92. The number of pyridine rings is 1. The van der Waals surface area contributed by atoms with E-state index in [0.29, 0.717) is 0 Å². The third kappa shape index (κ3) is 2.36. The van der Waals surface area contributed by atoms with Gasteiger partial charge >= 0.3 is 0 Å². The van der Waals surface area contributed by atoms with Gasteiger partial charge in [-0.25, -0.2) is 0 Å². The third-order valence-electron chi connectivity index (χ3n) is 2.00. The molecule has 1 aromatic carbocycles. The summed E-state index contributed by atoms with van der Waals surface area (Å²) in [6, 6.07) is 7.24. The van der Waals surface area contributed by atoms with Crippen LogP contribution in [0.1, 0.15) is 5.56 Å². The largest absolute Gasteiger partial charge is 0.507 e. The van der Waals surface area contributed by atoms with E-state index in [9.17, 15) is 5.11 Å². The van der Waals surface area contributed by atoms with Crippen LogP contribution >= 0.6 is 0 Å². The SMILES string of the molecule is C=Cc1cccc2nccc(O)c12.NC=O. The highest BCUT2D eigenvalue weighted by Gasteiger charge is 2.02. The van der Waals surface area contributed by atoms with Crippen LogP contribution in [0.4, 0.5) is 0 Å². The maximum atomic E-state index is 9.60. The number of fused-ring (bicyclic) bond motifs is 1. The molecular weight excluding hydrogens is 204 g/mol. The number of nitrogens with two attached hydrogens (primary N) is 1. The molecule has 0 aliphatic rings. The van der Waals surface area contributed by atoms with Crippen molar-refractivity contribution in [3.05, 3.63) is 42.6 Å². The summed E-state index contributed by atoms with van der Waals surface area (Å²) in [5.74, 6) is 0.250. The Morgan fingerprint density at radius 2 is 2.06 bits per heavy atom. The second-order valence-corrected chi connectivity index (χ2v) is 2.91. The second kappa shape index (κ2) is 5.50. The second-order valence-electron chi connectivity index (χ2n) is 2.91.